The van der Waals surface area contributed by atoms with E-state index in [1.807, 2.05) is 20.8 Å². The van der Waals surface area contributed by atoms with Crippen molar-refractivity contribution in [3.05, 3.63) is 24.8 Å². The molecular weight excluding hydrogens is 412 g/mol. The maximum atomic E-state index is 12.9. The zero-order valence-corrected chi connectivity index (χ0v) is 21.9. The lowest BCUT2D eigenvalue weighted by molar-refractivity contribution is 0.0228. The molecule has 1 saturated heterocycles. The molecule has 0 aliphatic carbocycles. The Morgan fingerprint density at radius 1 is 1.19 bits per heavy atom. The number of likely N-dealkylation sites (N-methyl/N-ethyl adjacent to an activating group) is 1. The molecule has 1 aliphatic rings. The second kappa shape index (κ2) is 10.2. The van der Waals surface area contributed by atoms with Crippen molar-refractivity contribution in [2.45, 2.75) is 83.8 Å². The van der Waals surface area contributed by atoms with E-state index in [2.05, 4.69) is 47.0 Å². The van der Waals surface area contributed by atoms with E-state index in [1.54, 1.807) is 11.9 Å². The Kier molecular flexibility index (Phi) is 8.97. The third kappa shape index (κ3) is 8.00. The van der Waals surface area contributed by atoms with E-state index in [0.717, 1.165) is 5.57 Å². The summed E-state index contributed by atoms with van der Waals surface area (Å²) in [6.07, 6.45) is 1.19. The van der Waals surface area contributed by atoms with Crippen LogP contribution in [0.25, 0.3) is 0 Å². The Hall–Kier alpha value is -1.80. The maximum absolute atomic E-state index is 12.9. The molecule has 0 N–H and O–H groups in total. The van der Waals surface area contributed by atoms with E-state index in [4.69, 9.17) is 13.9 Å². The molecule has 1 rings (SSSR count). The number of hydrogen-bond donors (Lipinski definition) is 0. The van der Waals surface area contributed by atoms with Crippen molar-refractivity contribution in [1.29, 1.82) is 0 Å². The lowest BCUT2D eigenvalue weighted by atomic mass is 10.1. The van der Waals surface area contributed by atoms with Gasteiger partial charge in [0, 0.05) is 20.1 Å². The third-order valence-electron chi connectivity index (χ3n) is 5.71. The van der Waals surface area contributed by atoms with Crippen LogP contribution in [0.1, 0.15) is 48.0 Å². The van der Waals surface area contributed by atoms with Gasteiger partial charge in [-0.3, -0.25) is 4.90 Å². The highest BCUT2D eigenvalue weighted by atomic mass is 28.4. The first kappa shape index (κ1) is 27.2. The average molecular weight is 455 g/mol. The number of carbonyl (C=O) groups is 2. The van der Waals surface area contributed by atoms with Crippen LogP contribution < -0.4 is 0 Å². The van der Waals surface area contributed by atoms with Gasteiger partial charge in [0.15, 0.2) is 8.32 Å². The number of nitrogens with zero attached hydrogens (tertiary/aromatic N) is 2. The molecule has 8 heteroatoms. The summed E-state index contributed by atoms with van der Waals surface area (Å²) in [6.45, 7) is 25.1. The van der Waals surface area contributed by atoms with Crippen LogP contribution >= 0.6 is 0 Å². The quantitative estimate of drug-likeness (QED) is 0.391. The summed E-state index contributed by atoms with van der Waals surface area (Å²) in [7, 11) is -0.367. The molecule has 2 unspecified atom stereocenters. The predicted molar refractivity (Wildman–Crippen MR) is 127 cm³/mol. The van der Waals surface area contributed by atoms with Crippen LogP contribution in [-0.4, -0.2) is 74.8 Å². The van der Waals surface area contributed by atoms with E-state index in [-0.39, 0.29) is 30.3 Å². The molecule has 0 spiro atoms. The molecule has 0 aromatic heterocycles. The molecule has 0 saturated carbocycles. The molecule has 7 nitrogen and oxygen atoms in total. The van der Waals surface area contributed by atoms with Crippen molar-refractivity contribution in [2.75, 3.05) is 26.7 Å². The zero-order valence-electron chi connectivity index (χ0n) is 20.9. The van der Waals surface area contributed by atoms with Crippen LogP contribution in [-0.2, 0) is 13.9 Å². The summed E-state index contributed by atoms with van der Waals surface area (Å²) in [4.78, 5) is 28.2. The molecule has 1 heterocycles. The van der Waals surface area contributed by atoms with Crippen LogP contribution in [0.3, 0.4) is 0 Å². The summed E-state index contributed by atoms with van der Waals surface area (Å²) in [5.41, 5.74) is 0.136. The van der Waals surface area contributed by atoms with Crippen LogP contribution in [0.15, 0.2) is 24.8 Å². The standard InChI is InChI=1S/C23H42N2O5Si/c1-12-13-28-20(26)24(9)15-17(2)19-14-18(30-31(10,11)23(6,7)8)16-25(19)21(27)29-22(3,4)5/h12,18-19H,1-2,13-16H2,3-11H3. The van der Waals surface area contributed by atoms with Gasteiger partial charge in [-0.05, 0) is 50.9 Å². The van der Waals surface area contributed by atoms with Gasteiger partial charge in [-0.25, -0.2) is 9.59 Å². The Balaban J connectivity index is 3.00. The first-order chi connectivity index (χ1) is 14.0. The van der Waals surface area contributed by atoms with Crippen molar-refractivity contribution in [2.24, 2.45) is 0 Å². The minimum absolute atomic E-state index is 0.0635. The smallest absolute Gasteiger partial charge is 0.410 e. The van der Waals surface area contributed by atoms with Gasteiger partial charge in [0.2, 0.25) is 0 Å². The number of ether oxygens (including phenoxy) is 2. The van der Waals surface area contributed by atoms with Gasteiger partial charge >= 0.3 is 12.2 Å². The van der Waals surface area contributed by atoms with Gasteiger partial charge < -0.3 is 18.8 Å². The number of likely N-dealkylation sites (tertiary alicyclic amines) is 1. The van der Waals surface area contributed by atoms with Crippen molar-refractivity contribution in [1.82, 2.24) is 9.80 Å². The molecule has 1 aliphatic heterocycles. The van der Waals surface area contributed by atoms with Crippen molar-refractivity contribution in [3.63, 3.8) is 0 Å². The predicted octanol–water partition coefficient (Wildman–Crippen LogP) is 5.20. The summed E-state index contributed by atoms with van der Waals surface area (Å²) in [6, 6.07) is -0.278. The molecule has 0 aromatic carbocycles. The first-order valence-corrected chi connectivity index (χ1v) is 13.7. The number of rotatable bonds is 7. The summed E-state index contributed by atoms with van der Waals surface area (Å²) in [5, 5.41) is 0.0635. The summed E-state index contributed by atoms with van der Waals surface area (Å²) >= 11 is 0. The average Bonchev–Trinajstić information content (AvgIpc) is 3.00. The Morgan fingerprint density at radius 2 is 1.77 bits per heavy atom. The molecular formula is C23H42N2O5Si. The SMILES string of the molecule is C=CCOC(=O)N(C)CC(=C)C1CC(O[Si](C)(C)C(C)(C)C)CN1C(=O)OC(C)(C)C. The Labute approximate surface area is 189 Å². The third-order valence-corrected chi connectivity index (χ3v) is 10.2. The summed E-state index contributed by atoms with van der Waals surface area (Å²) < 4.78 is 17.3. The van der Waals surface area contributed by atoms with Crippen molar-refractivity contribution in [3.8, 4) is 0 Å². The van der Waals surface area contributed by atoms with Gasteiger partial charge in [-0.2, -0.15) is 0 Å². The molecule has 2 atom stereocenters. The molecule has 0 bridgehead atoms. The van der Waals surface area contributed by atoms with E-state index >= 15 is 0 Å². The highest BCUT2D eigenvalue weighted by Gasteiger charge is 2.45. The van der Waals surface area contributed by atoms with E-state index in [9.17, 15) is 9.59 Å². The second-order valence-electron chi connectivity index (χ2n) is 10.8. The van der Waals surface area contributed by atoms with Gasteiger partial charge in [0.1, 0.15) is 12.2 Å². The fraction of sp³-hybridized carbons (Fsp3) is 0.739. The number of hydrogen-bond acceptors (Lipinski definition) is 5. The topological polar surface area (TPSA) is 68.3 Å². The molecule has 2 amide bonds. The van der Waals surface area contributed by atoms with Gasteiger partial charge in [0.25, 0.3) is 0 Å². The molecule has 31 heavy (non-hydrogen) atoms. The lowest BCUT2D eigenvalue weighted by Gasteiger charge is -2.38. The maximum Gasteiger partial charge on any atom is 0.410 e. The monoisotopic (exact) mass is 454 g/mol. The Morgan fingerprint density at radius 3 is 2.26 bits per heavy atom. The van der Waals surface area contributed by atoms with Crippen molar-refractivity contribution < 1.29 is 23.5 Å². The number of amides is 2. The van der Waals surface area contributed by atoms with Crippen LogP contribution in [0.4, 0.5) is 9.59 Å². The normalized spacial score (nSPS) is 19.7. The largest absolute Gasteiger partial charge is 0.445 e. The first-order valence-electron chi connectivity index (χ1n) is 10.8. The van der Waals surface area contributed by atoms with Crippen LogP contribution in [0, 0.1) is 0 Å². The molecule has 0 aromatic rings. The van der Waals surface area contributed by atoms with Crippen molar-refractivity contribution >= 4 is 20.5 Å². The molecule has 1 fully saturated rings. The van der Waals surface area contributed by atoms with Crippen LogP contribution in [0.2, 0.25) is 18.1 Å². The minimum Gasteiger partial charge on any atom is -0.445 e. The minimum atomic E-state index is -2.01. The van der Waals surface area contributed by atoms with Gasteiger partial charge in [-0.1, -0.05) is 40.0 Å². The fourth-order valence-electron chi connectivity index (χ4n) is 3.10. The van der Waals surface area contributed by atoms with Gasteiger partial charge in [0.05, 0.1) is 12.1 Å². The zero-order chi connectivity index (χ0) is 24.2. The molecule has 178 valence electrons. The lowest BCUT2D eigenvalue weighted by Crippen LogP contribution is -2.45. The summed E-state index contributed by atoms with van der Waals surface area (Å²) in [5.74, 6) is 0. The number of carbonyl (C=O) groups excluding carboxylic acids is 2. The highest BCUT2D eigenvalue weighted by molar-refractivity contribution is 6.74. The van der Waals surface area contributed by atoms with Crippen LogP contribution in [0.5, 0.6) is 0 Å². The highest BCUT2D eigenvalue weighted by Crippen LogP contribution is 2.39. The molecule has 0 radical (unpaired) electrons. The van der Waals surface area contributed by atoms with E-state index in [1.165, 1.54) is 11.0 Å². The van der Waals surface area contributed by atoms with E-state index < -0.39 is 26.1 Å². The Bertz CT molecular complexity index is 678. The fourth-order valence-corrected chi connectivity index (χ4v) is 4.46. The second-order valence-corrected chi connectivity index (χ2v) is 15.5. The van der Waals surface area contributed by atoms with Gasteiger partial charge in [-0.15, -0.1) is 0 Å². The van der Waals surface area contributed by atoms with E-state index in [0.29, 0.717) is 13.0 Å².